The molecule has 0 unspecified atom stereocenters. The summed E-state index contributed by atoms with van der Waals surface area (Å²) in [4.78, 5) is 0. The Labute approximate surface area is 137 Å². The highest BCUT2D eigenvalue weighted by Gasteiger charge is 2.11. The molecule has 5 heteroatoms. The van der Waals surface area contributed by atoms with Crippen molar-refractivity contribution >= 4 is 28.3 Å². The molecule has 2 aromatic carbocycles. The van der Waals surface area contributed by atoms with Crippen molar-refractivity contribution < 1.29 is 9.47 Å². The van der Waals surface area contributed by atoms with E-state index >= 15 is 0 Å². The first kappa shape index (κ1) is 15.4. The number of benzene rings is 2. The number of hydrogen-bond acceptors (Lipinski definition) is 4. The summed E-state index contributed by atoms with van der Waals surface area (Å²) in [6.45, 7) is 0.642. The fraction of sp³-hybridized carbons (Fsp3) is 0.188. The largest absolute Gasteiger partial charge is 0.493 e. The van der Waals surface area contributed by atoms with Gasteiger partial charge in [-0.2, -0.15) is 5.26 Å². The molecule has 0 spiro atoms. The van der Waals surface area contributed by atoms with E-state index < -0.39 is 0 Å². The monoisotopic (exact) mass is 394 g/mol. The van der Waals surface area contributed by atoms with Gasteiger partial charge < -0.3 is 14.8 Å². The van der Waals surface area contributed by atoms with E-state index in [9.17, 15) is 5.26 Å². The molecule has 0 atom stereocenters. The maximum atomic E-state index is 9.27. The van der Waals surface area contributed by atoms with Gasteiger partial charge in [-0.05, 0) is 34.2 Å². The molecular formula is C16H15IN2O2. The Morgan fingerprint density at radius 1 is 1.14 bits per heavy atom. The Morgan fingerprint density at radius 3 is 2.43 bits per heavy atom. The van der Waals surface area contributed by atoms with Crippen molar-refractivity contribution in [1.29, 1.82) is 5.26 Å². The van der Waals surface area contributed by atoms with Crippen molar-refractivity contribution in [3.63, 3.8) is 0 Å². The molecule has 2 aromatic rings. The number of nitrogens with one attached hydrogen (secondary N) is 1. The van der Waals surface area contributed by atoms with E-state index in [4.69, 9.17) is 9.47 Å². The van der Waals surface area contributed by atoms with E-state index in [1.165, 1.54) is 9.13 Å². The molecule has 0 aromatic heterocycles. The minimum atomic E-state index is 0.526. The van der Waals surface area contributed by atoms with Gasteiger partial charge in [0.05, 0.1) is 25.5 Å². The zero-order chi connectivity index (χ0) is 15.2. The molecule has 0 radical (unpaired) electrons. The summed E-state index contributed by atoms with van der Waals surface area (Å²) in [7, 11) is 3.13. The first-order valence-corrected chi connectivity index (χ1v) is 7.41. The van der Waals surface area contributed by atoms with Gasteiger partial charge >= 0.3 is 0 Å². The number of nitriles is 1. The van der Waals surface area contributed by atoms with Gasteiger partial charge in [0.25, 0.3) is 0 Å². The molecule has 0 saturated carbocycles. The maximum Gasteiger partial charge on any atom is 0.162 e. The molecular weight excluding hydrogens is 379 g/mol. The number of ether oxygens (including phenoxy) is 2. The Kier molecular flexibility index (Phi) is 5.28. The van der Waals surface area contributed by atoms with Gasteiger partial charge in [-0.3, -0.25) is 0 Å². The zero-order valence-electron chi connectivity index (χ0n) is 11.8. The Hall–Kier alpha value is -1.94. The van der Waals surface area contributed by atoms with Crippen LogP contribution in [0.3, 0.4) is 0 Å². The van der Waals surface area contributed by atoms with E-state index in [-0.39, 0.29) is 0 Å². The standard InChI is InChI=1S/C16H15IN2O2/c1-20-15-7-12(9-18)14(8-16(15)21-2)19-10-11-5-3-4-6-13(11)17/h3-8,19H,10H2,1-2H3. The van der Waals surface area contributed by atoms with Gasteiger partial charge in [0.1, 0.15) is 6.07 Å². The van der Waals surface area contributed by atoms with E-state index in [0.29, 0.717) is 23.6 Å². The fourth-order valence-corrected chi connectivity index (χ4v) is 2.53. The third-order valence-corrected chi connectivity index (χ3v) is 4.12. The van der Waals surface area contributed by atoms with Gasteiger partial charge in [0, 0.05) is 22.2 Å². The van der Waals surface area contributed by atoms with Gasteiger partial charge in [-0.15, -0.1) is 0 Å². The van der Waals surface area contributed by atoms with Crippen LogP contribution in [0.5, 0.6) is 11.5 Å². The van der Waals surface area contributed by atoms with Crippen molar-refractivity contribution in [2.75, 3.05) is 19.5 Å². The highest BCUT2D eigenvalue weighted by atomic mass is 127. The average Bonchev–Trinajstić information content (AvgIpc) is 2.53. The van der Waals surface area contributed by atoms with Crippen molar-refractivity contribution in [3.05, 3.63) is 51.1 Å². The summed E-state index contributed by atoms with van der Waals surface area (Å²) >= 11 is 2.30. The second-order valence-corrected chi connectivity index (χ2v) is 5.47. The zero-order valence-corrected chi connectivity index (χ0v) is 14.0. The smallest absolute Gasteiger partial charge is 0.162 e. The van der Waals surface area contributed by atoms with Gasteiger partial charge in [0.15, 0.2) is 11.5 Å². The molecule has 0 fully saturated rings. The molecule has 0 aliphatic rings. The number of halogens is 1. The van der Waals surface area contributed by atoms with Crippen LogP contribution in [0.15, 0.2) is 36.4 Å². The molecule has 21 heavy (non-hydrogen) atoms. The lowest BCUT2D eigenvalue weighted by Crippen LogP contribution is -2.04. The number of rotatable bonds is 5. The summed E-state index contributed by atoms with van der Waals surface area (Å²) in [5.41, 5.74) is 2.44. The van der Waals surface area contributed by atoms with Crippen LogP contribution >= 0.6 is 22.6 Å². The first-order chi connectivity index (χ1) is 10.2. The average molecular weight is 394 g/mol. The van der Waals surface area contributed by atoms with Gasteiger partial charge in [-0.1, -0.05) is 18.2 Å². The highest BCUT2D eigenvalue weighted by molar-refractivity contribution is 14.1. The van der Waals surface area contributed by atoms with Crippen molar-refractivity contribution in [3.8, 4) is 17.6 Å². The third kappa shape index (κ3) is 3.58. The molecule has 0 amide bonds. The molecule has 2 rings (SSSR count). The van der Waals surface area contributed by atoms with Crippen LogP contribution in [0, 0.1) is 14.9 Å². The number of nitrogens with zero attached hydrogens (tertiary/aromatic N) is 1. The summed E-state index contributed by atoms with van der Waals surface area (Å²) in [6, 6.07) is 13.7. The maximum absolute atomic E-state index is 9.27. The first-order valence-electron chi connectivity index (χ1n) is 6.33. The fourth-order valence-electron chi connectivity index (χ4n) is 1.95. The summed E-state index contributed by atoms with van der Waals surface area (Å²) in [5.74, 6) is 1.15. The Balaban J connectivity index is 2.27. The predicted octanol–water partition coefficient (Wildman–Crippen LogP) is 3.79. The minimum Gasteiger partial charge on any atom is -0.493 e. The van der Waals surface area contributed by atoms with Crippen LogP contribution in [0.25, 0.3) is 0 Å². The number of anilines is 1. The van der Waals surface area contributed by atoms with Crippen molar-refractivity contribution in [2.24, 2.45) is 0 Å². The quantitative estimate of drug-likeness (QED) is 0.785. The number of hydrogen-bond donors (Lipinski definition) is 1. The van der Waals surface area contributed by atoms with Gasteiger partial charge in [0.2, 0.25) is 0 Å². The number of methoxy groups -OCH3 is 2. The summed E-state index contributed by atoms with van der Waals surface area (Å²) in [5, 5.41) is 12.6. The SMILES string of the molecule is COc1cc(C#N)c(NCc2ccccc2I)cc1OC. The van der Waals surface area contributed by atoms with E-state index in [1.54, 1.807) is 26.4 Å². The highest BCUT2D eigenvalue weighted by Crippen LogP contribution is 2.33. The summed E-state index contributed by atoms with van der Waals surface area (Å²) in [6.07, 6.45) is 0. The van der Waals surface area contributed by atoms with Crippen LogP contribution in [-0.2, 0) is 6.54 Å². The van der Waals surface area contributed by atoms with E-state index in [0.717, 1.165) is 5.69 Å². The second kappa shape index (κ2) is 7.18. The Morgan fingerprint density at radius 2 is 1.81 bits per heavy atom. The van der Waals surface area contributed by atoms with Crippen LogP contribution in [-0.4, -0.2) is 14.2 Å². The van der Waals surface area contributed by atoms with Crippen LogP contribution in [0.2, 0.25) is 0 Å². The topological polar surface area (TPSA) is 54.3 Å². The predicted molar refractivity (Wildman–Crippen MR) is 90.7 cm³/mol. The van der Waals surface area contributed by atoms with E-state index in [1.807, 2.05) is 12.1 Å². The molecule has 4 nitrogen and oxygen atoms in total. The minimum absolute atomic E-state index is 0.526. The molecule has 1 N–H and O–H groups in total. The normalized spacial score (nSPS) is 9.81. The van der Waals surface area contributed by atoms with Crippen LogP contribution in [0.1, 0.15) is 11.1 Å². The second-order valence-electron chi connectivity index (χ2n) is 4.31. The third-order valence-electron chi connectivity index (χ3n) is 3.07. The molecule has 0 bridgehead atoms. The van der Waals surface area contributed by atoms with Gasteiger partial charge in [-0.25, -0.2) is 0 Å². The van der Waals surface area contributed by atoms with Crippen molar-refractivity contribution in [2.45, 2.75) is 6.54 Å². The molecule has 0 heterocycles. The lowest BCUT2D eigenvalue weighted by molar-refractivity contribution is 0.355. The van der Waals surface area contributed by atoms with Crippen LogP contribution in [0.4, 0.5) is 5.69 Å². The molecule has 0 aliphatic carbocycles. The van der Waals surface area contributed by atoms with Crippen molar-refractivity contribution in [1.82, 2.24) is 0 Å². The lowest BCUT2D eigenvalue weighted by atomic mass is 10.1. The summed E-state index contributed by atoms with van der Waals surface area (Å²) < 4.78 is 11.7. The Bertz CT molecular complexity index is 680. The van der Waals surface area contributed by atoms with E-state index in [2.05, 4.69) is 46.1 Å². The molecule has 108 valence electrons. The molecule has 0 aliphatic heterocycles. The molecule has 0 saturated heterocycles. The van der Waals surface area contributed by atoms with Crippen LogP contribution < -0.4 is 14.8 Å². The lowest BCUT2D eigenvalue weighted by Gasteiger charge is -2.13.